The average molecular weight is 456 g/mol. The highest BCUT2D eigenvalue weighted by atomic mass is 16.7. The Balaban J connectivity index is 1.57. The quantitative estimate of drug-likeness (QED) is 0.331. The minimum Gasteiger partial charge on any atom is -0.458 e. The van der Waals surface area contributed by atoms with Gasteiger partial charge in [0.2, 0.25) is 0 Å². The number of aliphatic hydroxyl groups is 1. The molecule has 3 saturated carbocycles. The van der Waals surface area contributed by atoms with Gasteiger partial charge in [-0.1, -0.05) is 13.5 Å². The lowest BCUT2D eigenvalue weighted by Gasteiger charge is -2.54. The van der Waals surface area contributed by atoms with Crippen LogP contribution in [0.15, 0.2) is 23.8 Å². The van der Waals surface area contributed by atoms with Crippen LogP contribution in [0.25, 0.3) is 0 Å². The molecule has 33 heavy (non-hydrogen) atoms. The lowest BCUT2D eigenvalue weighted by molar-refractivity contribution is -0.168. The molecule has 8 heteroatoms. The average Bonchev–Trinajstić information content (AvgIpc) is 3.36. The smallest absolute Gasteiger partial charge is 0.331 e. The number of cyclic esters (lactones) is 2. The number of carbonyl (C=O) groups is 3. The Hall–Kier alpha value is -2.03. The van der Waals surface area contributed by atoms with Crippen molar-refractivity contribution >= 4 is 17.7 Å². The zero-order valence-electron chi connectivity index (χ0n) is 19.6. The highest BCUT2D eigenvalue weighted by molar-refractivity contribution is 6.11. The third-order valence-corrected chi connectivity index (χ3v) is 10.9. The summed E-state index contributed by atoms with van der Waals surface area (Å²) in [5.41, 5.74) is -7.66. The molecule has 7 aliphatic rings. The van der Waals surface area contributed by atoms with Crippen LogP contribution in [0.5, 0.6) is 0 Å². The molecule has 4 bridgehead atoms. The van der Waals surface area contributed by atoms with Gasteiger partial charge in [0.1, 0.15) is 23.2 Å². The molecule has 8 nitrogen and oxygen atoms in total. The summed E-state index contributed by atoms with van der Waals surface area (Å²) in [6.45, 7) is 15.1. The number of rotatable bonds is 0. The fourth-order valence-corrected chi connectivity index (χ4v) is 9.36. The van der Waals surface area contributed by atoms with Crippen molar-refractivity contribution in [3.63, 3.8) is 0 Å². The largest absolute Gasteiger partial charge is 0.458 e. The third-order valence-electron chi connectivity index (χ3n) is 10.9. The third kappa shape index (κ3) is 1.45. The van der Waals surface area contributed by atoms with Crippen LogP contribution < -0.4 is 0 Å². The minimum absolute atomic E-state index is 0.341. The maximum atomic E-state index is 13.9. The second-order valence-corrected chi connectivity index (χ2v) is 12.2. The maximum Gasteiger partial charge on any atom is 0.331 e. The van der Waals surface area contributed by atoms with Crippen molar-refractivity contribution in [2.75, 3.05) is 0 Å². The zero-order valence-corrected chi connectivity index (χ0v) is 19.6. The number of Topliss-reactive ketones (excluding diaryl/α,β-unsaturated/α-hetero) is 1. The second kappa shape index (κ2) is 4.72. The molecule has 1 N–H and O–H groups in total. The van der Waals surface area contributed by atoms with E-state index in [2.05, 4.69) is 6.58 Å². The first-order valence-corrected chi connectivity index (χ1v) is 11.6. The van der Waals surface area contributed by atoms with Crippen molar-refractivity contribution < 1.29 is 38.4 Å². The summed E-state index contributed by atoms with van der Waals surface area (Å²) >= 11 is 0. The van der Waals surface area contributed by atoms with E-state index in [0.717, 1.165) is 0 Å². The molecule has 2 spiro atoms. The molecule has 0 radical (unpaired) electrons. The van der Waals surface area contributed by atoms with Crippen LogP contribution in [-0.2, 0) is 33.3 Å². The summed E-state index contributed by atoms with van der Waals surface area (Å²) in [6, 6.07) is 0. The van der Waals surface area contributed by atoms with E-state index in [1.165, 1.54) is 6.08 Å². The molecular weight excluding hydrogens is 428 g/mol. The van der Waals surface area contributed by atoms with Crippen LogP contribution in [0, 0.1) is 22.2 Å². The summed E-state index contributed by atoms with van der Waals surface area (Å²) in [7, 11) is 0. The normalized spacial score (nSPS) is 60.9. The van der Waals surface area contributed by atoms with Crippen LogP contribution in [-0.4, -0.2) is 63.5 Å². The molecule has 0 aromatic heterocycles. The van der Waals surface area contributed by atoms with Gasteiger partial charge in [0, 0.05) is 23.0 Å². The van der Waals surface area contributed by atoms with Gasteiger partial charge in [-0.05, 0) is 46.6 Å². The molecule has 0 aromatic rings. The molecular formula is C25H28O8. The predicted octanol–water partition coefficient (Wildman–Crippen LogP) is 1.39. The molecule has 3 saturated heterocycles. The van der Waals surface area contributed by atoms with Crippen molar-refractivity contribution in [2.24, 2.45) is 22.2 Å². The van der Waals surface area contributed by atoms with Gasteiger partial charge in [0.15, 0.2) is 17.0 Å². The van der Waals surface area contributed by atoms with Crippen LogP contribution in [0.4, 0.5) is 0 Å². The van der Waals surface area contributed by atoms with Gasteiger partial charge in [-0.15, -0.1) is 0 Å². The van der Waals surface area contributed by atoms with Crippen molar-refractivity contribution in [2.45, 2.75) is 88.7 Å². The molecule has 176 valence electrons. The lowest BCUT2D eigenvalue weighted by Crippen LogP contribution is -2.65. The van der Waals surface area contributed by atoms with Gasteiger partial charge < -0.3 is 24.1 Å². The Bertz CT molecular complexity index is 1180. The fraction of sp³-hybridized carbons (Fsp3) is 0.720. The van der Waals surface area contributed by atoms with Gasteiger partial charge in [-0.3, -0.25) is 9.59 Å². The molecule has 0 unspecified atom stereocenters. The Kier molecular flexibility index (Phi) is 2.91. The number of fused-ring (bicyclic) bond motifs is 3. The molecule has 6 fully saturated rings. The summed E-state index contributed by atoms with van der Waals surface area (Å²) in [4.78, 5) is 40.3. The number of esters is 2. The molecule has 0 amide bonds. The Morgan fingerprint density at radius 3 is 2.39 bits per heavy atom. The number of ether oxygens (including phenoxy) is 4. The highest BCUT2D eigenvalue weighted by Gasteiger charge is 2.96. The summed E-state index contributed by atoms with van der Waals surface area (Å²) in [5.74, 6) is -1.90. The second-order valence-electron chi connectivity index (χ2n) is 12.2. The number of epoxide rings is 1. The number of hydrogen-bond acceptors (Lipinski definition) is 8. The molecule has 10 atom stereocenters. The van der Waals surface area contributed by atoms with Gasteiger partial charge in [0.05, 0.1) is 17.1 Å². The Morgan fingerprint density at radius 2 is 1.73 bits per heavy atom. The van der Waals surface area contributed by atoms with Crippen LogP contribution >= 0.6 is 0 Å². The minimum atomic E-state index is -2.06. The van der Waals surface area contributed by atoms with Gasteiger partial charge in [-0.2, -0.15) is 0 Å². The van der Waals surface area contributed by atoms with Gasteiger partial charge >= 0.3 is 11.9 Å². The van der Waals surface area contributed by atoms with E-state index in [0.29, 0.717) is 17.6 Å². The maximum absolute atomic E-state index is 13.9. The van der Waals surface area contributed by atoms with Crippen LogP contribution in [0.2, 0.25) is 0 Å². The van der Waals surface area contributed by atoms with E-state index >= 15 is 0 Å². The highest BCUT2D eigenvalue weighted by Crippen LogP contribution is 2.84. The monoisotopic (exact) mass is 456 g/mol. The summed E-state index contributed by atoms with van der Waals surface area (Å²) in [6.07, 6.45) is -0.366. The van der Waals surface area contributed by atoms with E-state index < -0.39 is 74.7 Å². The van der Waals surface area contributed by atoms with Crippen molar-refractivity contribution in [1.29, 1.82) is 0 Å². The number of ketones is 1. The molecule has 0 aromatic carbocycles. The predicted molar refractivity (Wildman–Crippen MR) is 111 cm³/mol. The van der Waals surface area contributed by atoms with Crippen LogP contribution in [0.1, 0.15) is 48.0 Å². The van der Waals surface area contributed by atoms with E-state index in [4.69, 9.17) is 18.9 Å². The first-order valence-electron chi connectivity index (χ1n) is 11.6. The van der Waals surface area contributed by atoms with E-state index in [1.807, 2.05) is 27.7 Å². The van der Waals surface area contributed by atoms with Crippen LogP contribution in [0.3, 0.4) is 0 Å². The van der Waals surface area contributed by atoms with Crippen molar-refractivity contribution in [3.05, 3.63) is 23.8 Å². The number of hydrogen-bond donors (Lipinski definition) is 1. The van der Waals surface area contributed by atoms with E-state index in [1.54, 1.807) is 13.8 Å². The zero-order chi connectivity index (χ0) is 23.9. The summed E-state index contributed by atoms with van der Waals surface area (Å²) in [5, 5.41) is 12.1. The SMILES string of the molecule is C=C1[C@@]2(C)C[C@H]3[C@](C)([C@H]4O[C@@]3(C)C3=CC(=O)OC(C)(C)[C@@]35O[C@@H]45)[C@@]13C(=O)O[C@@H](C)[C@@]3(O)C2=O. The number of carbonyl (C=O) groups excluding carboxylic acids is 3. The molecule has 4 aliphatic heterocycles. The topological polar surface area (TPSA) is 112 Å². The summed E-state index contributed by atoms with van der Waals surface area (Å²) < 4.78 is 24.4. The van der Waals surface area contributed by atoms with E-state index in [-0.39, 0.29) is 5.92 Å². The Morgan fingerprint density at radius 1 is 1.06 bits per heavy atom. The first-order chi connectivity index (χ1) is 15.1. The standard InChI is InChI=1S/C25H28O8/c1-10-20(5)9-13-21(6,23(10)18(28)30-11(2)24(23,29)17(20)27)15-16-25(33-16)12(22(13,7)32-15)8-14(26)31-19(25,3)4/h8,11,13,15-16,29H,1,9H2,2-7H3/t11-,13-,15-,16-,20+,21+,22-,23-,24+,25+/m0/s1. The Labute approximate surface area is 191 Å². The fourth-order valence-electron chi connectivity index (χ4n) is 9.36. The van der Waals surface area contributed by atoms with Gasteiger partial charge in [0.25, 0.3) is 0 Å². The molecule has 3 aliphatic carbocycles. The van der Waals surface area contributed by atoms with E-state index in [9.17, 15) is 19.5 Å². The first kappa shape index (κ1) is 20.4. The van der Waals surface area contributed by atoms with Gasteiger partial charge in [-0.25, -0.2) is 4.79 Å². The van der Waals surface area contributed by atoms with Crippen molar-refractivity contribution in [1.82, 2.24) is 0 Å². The molecule has 4 heterocycles. The van der Waals surface area contributed by atoms with Crippen molar-refractivity contribution in [3.8, 4) is 0 Å². The lowest BCUT2D eigenvalue weighted by atomic mass is 9.44. The molecule has 7 rings (SSSR count).